The van der Waals surface area contributed by atoms with Crippen LogP contribution in [0.1, 0.15) is 18.1 Å². The molecule has 0 radical (unpaired) electrons. The van der Waals surface area contributed by atoms with Crippen LogP contribution in [-0.2, 0) is 0 Å². The zero-order valence-corrected chi connectivity index (χ0v) is 12.3. The van der Waals surface area contributed by atoms with Gasteiger partial charge in [-0.25, -0.2) is 0 Å². The predicted octanol–water partition coefficient (Wildman–Crippen LogP) is 4.34. The third kappa shape index (κ3) is 3.37. The lowest BCUT2D eigenvalue weighted by Crippen LogP contribution is -2.32. The van der Waals surface area contributed by atoms with E-state index in [4.69, 9.17) is 0 Å². The molecule has 1 aromatic rings. The van der Waals surface area contributed by atoms with Crippen molar-refractivity contribution in [3.63, 3.8) is 0 Å². The minimum absolute atomic E-state index is 0.0136. The number of aryl methyl sites for hydroxylation is 1. The molecule has 0 fully saturated rings. The van der Waals surface area contributed by atoms with Crippen molar-refractivity contribution in [1.82, 2.24) is 0 Å². The second kappa shape index (κ2) is 5.92. The smallest absolute Gasteiger partial charge is 0.256 e. The van der Waals surface area contributed by atoms with Gasteiger partial charge in [0.05, 0.1) is 0 Å². The molecule has 0 spiro atoms. The minimum atomic E-state index is -1.15. The lowest BCUT2D eigenvalue weighted by molar-refractivity contribution is -0.536. The molecule has 0 amide bonds. The topological polar surface area (TPSA) is 43.1 Å². The number of benzene rings is 1. The molecule has 0 saturated heterocycles. The summed E-state index contributed by atoms with van der Waals surface area (Å²) >= 11 is 0. The van der Waals surface area contributed by atoms with Crippen LogP contribution >= 0.6 is 0 Å². The molecule has 0 saturated carbocycles. The summed E-state index contributed by atoms with van der Waals surface area (Å²) in [7, 11) is 0. The average molecular weight is 281 g/mol. The lowest BCUT2D eigenvalue weighted by Gasteiger charge is -2.22. The maximum absolute atomic E-state index is 11.2. The van der Waals surface area contributed by atoms with E-state index in [1.165, 1.54) is 5.56 Å². The van der Waals surface area contributed by atoms with Crippen molar-refractivity contribution >= 4 is 6.08 Å². The Balaban J connectivity index is 2.30. The van der Waals surface area contributed by atoms with E-state index in [9.17, 15) is 10.1 Å². The van der Waals surface area contributed by atoms with Gasteiger partial charge in [0.15, 0.2) is 0 Å². The highest BCUT2D eigenvalue weighted by molar-refractivity contribution is 5.55. The summed E-state index contributed by atoms with van der Waals surface area (Å²) < 4.78 is 0. The van der Waals surface area contributed by atoms with Gasteiger partial charge in [-0.05, 0) is 30.2 Å². The van der Waals surface area contributed by atoms with E-state index in [2.05, 4.69) is 6.58 Å². The molecule has 0 aromatic heterocycles. The molecule has 2 atom stereocenters. The molecule has 1 aliphatic carbocycles. The van der Waals surface area contributed by atoms with Crippen LogP contribution in [0, 0.1) is 23.0 Å². The first-order valence-electron chi connectivity index (χ1n) is 6.88. The van der Waals surface area contributed by atoms with Crippen molar-refractivity contribution in [1.29, 1.82) is 0 Å². The lowest BCUT2D eigenvalue weighted by atomic mass is 9.85. The summed E-state index contributed by atoms with van der Waals surface area (Å²) in [5.74, 6) is 0.0136. The molecular weight excluding hydrogens is 262 g/mol. The van der Waals surface area contributed by atoms with E-state index in [-0.39, 0.29) is 10.8 Å². The van der Waals surface area contributed by atoms with Crippen LogP contribution in [0.15, 0.2) is 66.8 Å². The van der Waals surface area contributed by atoms with Crippen LogP contribution in [0.3, 0.4) is 0 Å². The first-order valence-corrected chi connectivity index (χ1v) is 6.88. The van der Waals surface area contributed by atoms with Gasteiger partial charge < -0.3 is 0 Å². The van der Waals surface area contributed by atoms with Gasteiger partial charge in [-0.1, -0.05) is 54.1 Å². The second-order valence-electron chi connectivity index (χ2n) is 5.49. The fraction of sp³-hybridized carbons (Fsp3) is 0.222. The van der Waals surface area contributed by atoms with Crippen molar-refractivity contribution in [3.05, 3.63) is 88.0 Å². The quantitative estimate of drug-likeness (QED) is 0.468. The van der Waals surface area contributed by atoms with Gasteiger partial charge in [0, 0.05) is 17.8 Å². The Morgan fingerprint density at radius 3 is 2.52 bits per heavy atom. The molecular formula is C18H19NO2. The van der Waals surface area contributed by atoms with Crippen molar-refractivity contribution in [2.75, 3.05) is 0 Å². The highest BCUT2D eigenvalue weighted by Gasteiger charge is 2.34. The molecule has 0 bridgehead atoms. The van der Waals surface area contributed by atoms with Crippen LogP contribution in [0.5, 0.6) is 0 Å². The normalized spacial score (nSPS) is 24.9. The Morgan fingerprint density at radius 1 is 1.29 bits per heavy atom. The predicted molar refractivity (Wildman–Crippen MR) is 86.5 cm³/mol. The number of rotatable bonds is 4. The Hall–Kier alpha value is -2.42. The zero-order valence-electron chi connectivity index (χ0n) is 12.3. The van der Waals surface area contributed by atoms with Gasteiger partial charge in [-0.2, -0.15) is 0 Å². The van der Waals surface area contributed by atoms with Gasteiger partial charge in [-0.15, -0.1) is 6.58 Å². The fourth-order valence-corrected chi connectivity index (χ4v) is 2.25. The third-order valence-corrected chi connectivity index (χ3v) is 3.68. The molecule has 3 nitrogen and oxygen atoms in total. The van der Waals surface area contributed by atoms with E-state index in [1.54, 1.807) is 25.2 Å². The van der Waals surface area contributed by atoms with E-state index >= 15 is 0 Å². The molecule has 0 N–H and O–H groups in total. The number of nitrogens with zero attached hydrogens (tertiary/aromatic N) is 1. The summed E-state index contributed by atoms with van der Waals surface area (Å²) in [5, 5.41) is 11.2. The number of hydrogen-bond donors (Lipinski definition) is 0. The Morgan fingerprint density at radius 2 is 1.95 bits per heavy atom. The molecule has 1 aromatic carbocycles. The maximum Gasteiger partial charge on any atom is 0.256 e. The van der Waals surface area contributed by atoms with Gasteiger partial charge in [0.25, 0.3) is 5.54 Å². The Kier molecular flexibility index (Phi) is 4.22. The van der Waals surface area contributed by atoms with E-state index in [0.717, 1.165) is 11.1 Å². The molecule has 1 aliphatic rings. The Bertz CT molecular complexity index is 638. The monoisotopic (exact) mass is 281 g/mol. The first kappa shape index (κ1) is 15.0. The van der Waals surface area contributed by atoms with Crippen LogP contribution in [-0.4, -0.2) is 10.5 Å². The highest BCUT2D eigenvalue weighted by Crippen LogP contribution is 2.29. The molecule has 0 aliphatic heterocycles. The fourth-order valence-electron chi connectivity index (χ4n) is 2.25. The van der Waals surface area contributed by atoms with Crippen molar-refractivity contribution in [2.45, 2.75) is 19.4 Å². The summed E-state index contributed by atoms with van der Waals surface area (Å²) in [6, 6.07) is 8.14. The van der Waals surface area contributed by atoms with Gasteiger partial charge in [0.2, 0.25) is 0 Å². The second-order valence-corrected chi connectivity index (χ2v) is 5.49. The number of nitro groups is 1. The number of hydrogen-bond acceptors (Lipinski definition) is 2. The molecule has 3 heteroatoms. The zero-order chi connectivity index (χ0) is 15.5. The molecule has 0 heterocycles. The SMILES string of the molecule is C=CC1C=CC(C)([N+](=O)[O-])C=C1/C=C/c1ccc(C)cc1. The van der Waals surface area contributed by atoms with Crippen LogP contribution in [0.2, 0.25) is 0 Å². The van der Waals surface area contributed by atoms with E-state index in [0.29, 0.717) is 0 Å². The highest BCUT2D eigenvalue weighted by atomic mass is 16.6. The molecule has 21 heavy (non-hydrogen) atoms. The average Bonchev–Trinajstić information content (AvgIpc) is 2.47. The first-order chi connectivity index (χ1) is 9.94. The molecule has 2 rings (SSSR count). The standard InChI is InChI=1S/C18H19NO2/c1-4-16-11-12-18(3,19(20)21)13-17(16)10-9-15-7-5-14(2)6-8-15/h4-13,16H,1H2,2-3H3/b10-9+. The van der Waals surface area contributed by atoms with Gasteiger partial charge in [-0.3, -0.25) is 10.1 Å². The largest absolute Gasteiger partial charge is 0.263 e. The molecule has 108 valence electrons. The van der Waals surface area contributed by atoms with Crippen molar-refractivity contribution in [2.24, 2.45) is 5.92 Å². The van der Waals surface area contributed by atoms with Crippen LogP contribution in [0.25, 0.3) is 6.08 Å². The summed E-state index contributed by atoms with van der Waals surface area (Å²) in [5.41, 5.74) is 2.03. The Labute approximate surface area is 125 Å². The summed E-state index contributed by atoms with van der Waals surface area (Å²) in [4.78, 5) is 10.9. The van der Waals surface area contributed by atoms with Crippen LogP contribution < -0.4 is 0 Å². The van der Waals surface area contributed by atoms with Gasteiger partial charge in [0.1, 0.15) is 0 Å². The summed E-state index contributed by atoms with van der Waals surface area (Å²) in [6.45, 7) is 7.44. The van der Waals surface area contributed by atoms with Crippen molar-refractivity contribution < 1.29 is 4.92 Å². The van der Waals surface area contributed by atoms with Crippen LogP contribution in [0.4, 0.5) is 0 Å². The van der Waals surface area contributed by atoms with E-state index in [1.807, 2.05) is 49.4 Å². The van der Waals surface area contributed by atoms with Gasteiger partial charge >= 0.3 is 0 Å². The number of allylic oxidation sites excluding steroid dienone is 4. The summed E-state index contributed by atoms with van der Waals surface area (Å²) in [6.07, 6.45) is 10.9. The third-order valence-electron chi connectivity index (χ3n) is 3.68. The van der Waals surface area contributed by atoms with Crippen molar-refractivity contribution in [3.8, 4) is 0 Å². The van der Waals surface area contributed by atoms with E-state index < -0.39 is 5.54 Å². The molecule has 2 unspecified atom stereocenters. The maximum atomic E-state index is 11.2. The minimum Gasteiger partial charge on any atom is -0.263 e.